The molecule has 166 valence electrons. The number of anilines is 3. The number of halogens is 1. The Kier molecular flexibility index (Phi) is 7.97. The molecule has 0 amide bonds. The molecule has 2 rings (SSSR count). The van der Waals surface area contributed by atoms with Crippen molar-refractivity contribution in [3.8, 4) is 0 Å². The number of nitrogens with one attached hydrogen (secondary N) is 2. The Morgan fingerprint density at radius 3 is 2.37 bits per heavy atom. The van der Waals surface area contributed by atoms with E-state index in [2.05, 4.69) is 10.6 Å². The summed E-state index contributed by atoms with van der Waals surface area (Å²) in [5, 5.41) is 20.9. The summed E-state index contributed by atoms with van der Waals surface area (Å²) in [6, 6.07) is 2.35. The highest BCUT2D eigenvalue weighted by molar-refractivity contribution is 7.89. The Labute approximate surface area is 178 Å². The van der Waals surface area contributed by atoms with Gasteiger partial charge in [-0.25, -0.2) is 13.6 Å². The van der Waals surface area contributed by atoms with E-state index in [-0.39, 0.29) is 33.7 Å². The first-order valence-electron chi connectivity index (χ1n) is 9.07. The first-order valence-corrected chi connectivity index (χ1v) is 11.0. The second-order valence-corrected chi connectivity index (χ2v) is 8.32. The number of hydrogen-bond donors (Lipinski definition) is 4. The van der Waals surface area contributed by atoms with Crippen molar-refractivity contribution < 1.29 is 23.0 Å². The van der Waals surface area contributed by atoms with Crippen LogP contribution in [0.2, 0.25) is 5.02 Å². The van der Waals surface area contributed by atoms with Crippen LogP contribution in [-0.4, -0.2) is 39.9 Å². The van der Waals surface area contributed by atoms with Crippen LogP contribution in [0.15, 0.2) is 26.6 Å². The molecule has 0 radical (unpaired) electrons. The molecular weight excluding hydrogens is 438 g/mol. The third-order valence-electron chi connectivity index (χ3n) is 4.44. The van der Waals surface area contributed by atoms with Crippen LogP contribution in [0.25, 0.3) is 0 Å². The van der Waals surface area contributed by atoms with Crippen molar-refractivity contribution in [1.29, 1.82) is 0 Å². The highest BCUT2D eigenvalue weighted by Gasteiger charge is 2.29. The van der Waals surface area contributed by atoms with E-state index in [9.17, 15) is 23.1 Å². The van der Waals surface area contributed by atoms with Gasteiger partial charge in [0.1, 0.15) is 16.3 Å². The van der Waals surface area contributed by atoms with Gasteiger partial charge in [-0.05, 0) is 25.5 Å². The maximum Gasteiger partial charge on any atom is 0.253 e. The van der Waals surface area contributed by atoms with Crippen molar-refractivity contribution in [2.75, 3.05) is 31.0 Å². The smallest absolute Gasteiger partial charge is 0.253 e. The van der Waals surface area contributed by atoms with Gasteiger partial charge in [0.15, 0.2) is 6.29 Å². The van der Waals surface area contributed by atoms with Gasteiger partial charge in [0.25, 0.3) is 10.9 Å². The van der Waals surface area contributed by atoms with E-state index in [1.54, 1.807) is 0 Å². The van der Waals surface area contributed by atoms with Crippen molar-refractivity contribution >= 4 is 38.7 Å². The summed E-state index contributed by atoms with van der Waals surface area (Å²) in [6.07, 6.45) is -1.09. The number of aliphatic hydroxyl groups excluding tert-OH is 1. The van der Waals surface area contributed by atoms with Crippen molar-refractivity contribution in [3.63, 3.8) is 0 Å². The average molecular weight is 462 g/mol. The fourth-order valence-corrected chi connectivity index (χ4v) is 4.19. The summed E-state index contributed by atoms with van der Waals surface area (Å²) < 4.78 is 34.2. The summed E-state index contributed by atoms with van der Waals surface area (Å²) in [5.41, 5.74) is -1.85. The van der Waals surface area contributed by atoms with Gasteiger partial charge in [0, 0.05) is 25.4 Å². The molecule has 0 bridgehead atoms. The maximum absolute atomic E-state index is 12.2. The Balaban J connectivity index is 2.51. The summed E-state index contributed by atoms with van der Waals surface area (Å²) in [5.74, 6) is 0. The number of hydrogen-bond acceptors (Lipinski definition) is 9. The molecule has 0 spiro atoms. The predicted octanol–water partition coefficient (Wildman–Crippen LogP) is 1.19. The number of aliphatic hydroxyl groups is 1. The minimum atomic E-state index is -4.35. The first kappa shape index (κ1) is 24.3. The van der Waals surface area contributed by atoms with E-state index in [0.717, 1.165) is 7.11 Å². The molecule has 5 N–H and O–H groups in total. The zero-order valence-corrected chi connectivity index (χ0v) is 18.3. The van der Waals surface area contributed by atoms with Gasteiger partial charge in [-0.2, -0.15) is 0 Å². The van der Waals surface area contributed by atoms with Gasteiger partial charge in [-0.15, -0.1) is 0 Å². The van der Waals surface area contributed by atoms with Gasteiger partial charge in [0.05, 0.1) is 17.2 Å². The molecule has 0 saturated heterocycles. The molecule has 0 aliphatic heterocycles. The Morgan fingerprint density at radius 1 is 1.20 bits per heavy atom. The lowest BCUT2D eigenvalue weighted by Crippen LogP contribution is -2.40. The van der Waals surface area contributed by atoms with E-state index in [0.29, 0.717) is 19.6 Å². The summed E-state index contributed by atoms with van der Waals surface area (Å²) in [7, 11) is -3.20. The minimum absolute atomic E-state index is 0.00854. The van der Waals surface area contributed by atoms with Crippen LogP contribution >= 0.6 is 11.6 Å². The molecule has 0 fully saturated rings. The number of nitrogens with two attached hydrogens (primary N) is 1. The summed E-state index contributed by atoms with van der Waals surface area (Å²) >= 11 is 5.98. The Morgan fingerprint density at radius 2 is 1.83 bits per heavy atom. The zero-order chi connectivity index (χ0) is 22.6. The monoisotopic (exact) mass is 461 g/mol. The van der Waals surface area contributed by atoms with Crippen LogP contribution in [0.3, 0.4) is 0 Å². The predicted molar refractivity (Wildman–Crippen MR) is 114 cm³/mol. The van der Waals surface area contributed by atoms with Crippen LogP contribution < -0.4 is 26.6 Å². The highest BCUT2D eigenvalue weighted by Crippen LogP contribution is 2.37. The minimum Gasteiger partial charge on any atom is -0.380 e. The van der Waals surface area contributed by atoms with Crippen LogP contribution in [0, 0.1) is 0 Å². The number of rotatable bonds is 11. The molecule has 2 aromatic rings. The maximum atomic E-state index is 12.2. The standard InChI is InChI=1S/C18H24ClN3O7S/c1-4-9(8-29-5-2)21-13-14(16(24)15(13)23)22-11-7-6-10(19)17(30(20,26)27)12(11)18(25)28-3/h6-7,9,18,21-22,25H,4-5,8H2,1-3H3,(H2,20,26,27). The van der Waals surface area contributed by atoms with E-state index in [1.165, 1.54) is 12.1 Å². The average Bonchev–Trinajstić information content (AvgIpc) is 2.71. The molecule has 0 aliphatic carbocycles. The van der Waals surface area contributed by atoms with Crippen LogP contribution in [-0.2, 0) is 19.5 Å². The van der Waals surface area contributed by atoms with Gasteiger partial charge >= 0.3 is 0 Å². The van der Waals surface area contributed by atoms with Gasteiger partial charge < -0.3 is 25.2 Å². The van der Waals surface area contributed by atoms with E-state index in [1.807, 2.05) is 13.8 Å². The highest BCUT2D eigenvalue weighted by atomic mass is 35.5. The third kappa shape index (κ3) is 4.99. The van der Waals surface area contributed by atoms with Gasteiger partial charge in [-0.3, -0.25) is 9.59 Å². The lowest BCUT2D eigenvalue weighted by molar-refractivity contribution is -0.0782. The first-order chi connectivity index (χ1) is 14.1. The molecule has 12 heteroatoms. The largest absolute Gasteiger partial charge is 0.380 e. The van der Waals surface area contributed by atoms with Crippen LogP contribution in [0.4, 0.5) is 17.1 Å². The lowest BCUT2D eigenvalue weighted by atomic mass is 10.1. The second-order valence-electron chi connectivity index (χ2n) is 6.41. The van der Waals surface area contributed by atoms with E-state index in [4.69, 9.17) is 26.2 Å². The fraction of sp³-hybridized carbons (Fsp3) is 0.444. The number of sulfonamides is 1. The topological polar surface area (TPSA) is 157 Å². The molecule has 0 heterocycles. The van der Waals surface area contributed by atoms with Crippen molar-refractivity contribution in [2.24, 2.45) is 5.14 Å². The number of ether oxygens (including phenoxy) is 2. The molecule has 30 heavy (non-hydrogen) atoms. The summed E-state index contributed by atoms with van der Waals surface area (Å²) in [4.78, 5) is 23.7. The fourth-order valence-electron chi connectivity index (χ4n) is 2.84. The second kappa shape index (κ2) is 9.86. The molecule has 10 nitrogen and oxygen atoms in total. The molecular formula is C18H24ClN3O7S. The van der Waals surface area contributed by atoms with E-state index < -0.39 is 32.1 Å². The number of methoxy groups -OCH3 is 1. The molecule has 2 unspecified atom stereocenters. The Bertz CT molecular complexity index is 1080. The Hall–Kier alpha value is -2.02. The number of primary sulfonamides is 1. The molecule has 2 aromatic carbocycles. The van der Waals surface area contributed by atoms with Crippen molar-refractivity contribution in [3.05, 3.63) is 43.2 Å². The quantitative estimate of drug-likeness (QED) is 0.285. The number of benzene rings is 1. The van der Waals surface area contributed by atoms with Gasteiger partial charge in [-0.1, -0.05) is 18.5 Å². The molecule has 0 saturated carbocycles. The third-order valence-corrected chi connectivity index (χ3v) is 5.87. The van der Waals surface area contributed by atoms with Crippen LogP contribution in [0.5, 0.6) is 0 Å². The molecule has 2 atom stereocenters. The SMILES string of the molecule is CCOCC(CC)Nc1c(Nc2ccc(Cl)c(S(N)(=O)=O)c2C(O)OC)c(=O)c1=O. The van der Waals surface area contributed by atoms with Gasteiger partial charge in [0.2, 0.25) is 10.0 Å². The van der Waals surface area contributed by atoms with Crippen LogP contribution in [0.1, 0.15) is 32.1 Å². The molecule has 0 aromatic heterocycles. The zero-order valence-electron chi connectivity index (χ0n) is 16.7. The van der Waals surface area contributed by atoms with Crippen molar-refractivity contribution in [2.45, 2.75) is 37.5 Å². The lowest BCUT2D eigenvalue weighted by Gasteiger charge is -2.23. The van der Waals surface area contributed by atoms with Crippen molar-refractivity contribution in [1.82, 2.24) is 0 Å². The normalized spacial score (nSPS) is 13.9. The van der Waals surface area contributed by atoms with E-state index >= 15 is 0 Å². The summed E-state index contributed by atoms with van der Waals surface area (Å²) in [6.45, 7) is 4.55. The molecule has 0 aliphatic rings.